The minimum atomic E-state index is 0.345. The molecule has 0 aromatic carbocycles. The van der Waals surface area contributed by atoms with Crippen LogP contribution in [0.4, 0.5) is 0 Å². The van der Waals surface area contributed by atoms with E-state index in [2.05, 4.69) is 42.9 Å². The van der Waals surface area contributed by atoms with Gasteiger partial charge in [-0.1, -0.05) is 6.92 Å². The fourth-order valence-corrected chi connectivity index (χ4v) is 2.90. The first-order valence-electron chi connectivity index (χ1n) is 6.61. The van der Waals surface area contributed by atoms with Crippen molar-refractivity contribution in [3.63, 3.8) is 0 Å². The summed E-state index contributed by atoms with van der Waals surface area (Å²) in [5.74, 6) is 0. The van der Waals surface area contributed by atoms with Crippen molar-refractivity contribution in [3.8, 4) is 0 Å². The summed E-state index contributed by atoms with van der Waals surface area (Å²) < 4.78 is 0. The van der Waals surface area contributed by atoms with Crippen molar-refractivity contribution in [1.82, 2.24) is 15.1 Å². The van der Waals surface area contributed by atoms with E-state index in [0.717, 1.165) is 13.1 Å². The van der Waals surface area contributed by atoms with E-state index >= 15 is 0 Å². The molecule has 1 aliphatic heterocycles. The van der Waals surface area contributed by atoms with Gasteiger partial charge in [-0.2, -0.15) is 0 Å². The lowest BCUT2D eigenvalue weighted by molar-refractivity contribution is 0.0774. The van der Waals surface area contributed by atoms with Crippen LogP contribution in [-0.2, 0) is 0 Å². The molecule has 96 valence electrons. The molecule has 3 nitrogen and oxygen atoms in total. The van der Waals surface area contributed by atoms with Gasteiger partial charge in [-0.3, -0.25) is 4.90 Å². The summed E-state index contributed by atoms with van der Waals surface area (Å²) in [7, 11) is 4.30. The quantitative estimate of drug-likeness (QED) is 0.783. The lowest BCUT2D eigenvalue weighted by Crippen LogP contribution is -2.51. The number of likely N-dealkylation sites (N-methyl/N-ethyl adjacent to an activating group) is 2. The molecule has 1 saturated heterocycles. The first kappa shape index (κ1) is 13.9. The lowest BCUT2D eigenvalue weighted by atomic mass is 9.96. The molecule has 16 heavy (non-hydrogen) atoms. The van der Waals surface area contributed by atoms with Gasteiger partial charge in [-0.25, -0.2) is 0 Å². The molecular weight excluding hydrogens is 198 g/mol. The van der Waals surface area contributed by atoms with Crippen LogP contribution in [0.3, 0.4) is 0 Å². The summed E-state index contributed by atoms with van der Waals surface area (Å²) in [6.45, 7) is 11.8. The second kappa shape index (κ2) is 5.99. The van der Waals surface area contributed by atoms with Gasteiger partial charge in [0.05, 0.1) is 0 Å². The Balaban J connectivity index is 2.73. The number of hydrogen-bond acceptors (Lipinski definition) is 3. The van der Waals surface area contributed by atoms with Gasteiger partial charge in [-0.15, -0.1) is 0 Å². The number of nitrogens with one attached hydrogen (secondary N) is 1. The molecule has 1 fully saturated rings. The summed E-state index contributed by atoms with van der Waals surface area (Å²) >= 11 is 0. The van der Waals surface area contributed by atoms with Gasteiger partial charge in [0.2, 0.25) is 0 Å². The van der Waals surface area contributed by atoms with Crippen LogP contribution in [0.1, 0.15) is 33.6 Å². The molecule has 1 rings (SSSR count). The van der Waals surface area contributed by atoms with Crippen molar-refractivity contribution in [1.29, 1.82) is 0 Å². The number of rotatable bonds is 4. The molecule has 1 N–H and O–H groups in total. The minimum Gasteiger partial charge on any atom is -0.320 e. The van der Waals surface area contributed by atoms with Crippen LogP contribution >= 0.6 is 0 Å². The topological polar surface area (TPSA) is 18.5 Å². The SMILES string of the molecule is CCN1C(CCNC)CN(C)CCC1(C)C. The Bertz CT molecular complexity index is 203. The maximum absolute atomic E-state index is 3.28. The van der Waals surface area contributed by atoms with E-state index in [4.69, 9.17) is 0 Å². The van der Waals surface area contributed by atoms with Crippen LogP contribution in [0.15, 0.2) is 0 Å². The van der Waals surface area contributed by atoms with Crippen LogP contribution in [-0.4, -0.2) is 61.7 Å². The predicted molar refractivity (Wildman–Crippen MR) is 70.9 cm³/mol. The second-order valence-corrected chi connectivity index (χ2v) is 5.66. The molecule has 0 aromatic heterocycles. The average Bonchev–Trinajstić information content (AvgIpc) is 2.33. The van der Waals surface area contributed by atoms with Gasteiger partial charge in [-0.05, 0) is 60.4 Å². The van der Waals surface area contributed by atoms with E-state index in [-0.39, 0.29) is 0 Å². The fraction of sp³-hybridized carbons (Fsp3) is 1.00. The van der Waals surface area contributed by atoms with Gasteiger partial charge in [0.1, 0.15) is 0 Å². The molecular formula is C13H29N3. The van der Waals surface area contributed by atoms with Gasteiger partial charge in [0.15, 0.2) is 0 Å². The maximum Gasteiger partial charge on any atom is 0.0240 e. The molecule has 0 spiro atoms. The Labute approximate surface area is 101 Å². The third-order valence-corrected chi connectivity index (χ3v) is 3.91. The van der Waals surface area contributed by atoms with Crippen molar-refractivity contribution < 1.29 is 0 Å². The summed E-state index contributed by atoms with van der Waals surface area (Å²) in [5, 5.41) is 3.28. The van der Waals surface area contributed by atoms with Crippen molar-refractivity contribution in [3.05, 3.63) is 0 Å². The zero-order valence-corrected chi connectivity index (χ0v) is 11.7. The van der Waals surface area contributed by atoms with Crippen LogP contribution < -0.4 is 5.32 Å². The normalized spacial score (nSPS) is 27.9. The zero-order valence-electron chi connectivity index (χ0n) is 11.7. The summed E-state index contributed by atoms with van der Waals surface area (Å²) in [4.78, 5) is 5.17. The van der Waals surface area contributed by atoms with Crippen LogP contribution in [0.25, 0.3) is 0 Å². The van der Waals surface area contributed by atoms with E-state index in [1.54, 1.807) is 0 Å². The molecule has 0 bridgehead atoms. The van der Waals surface area contributed by atoms with E-state index in [9.17, 15) is 0 Å². The van der Waals surface area contributed by atoms with Crippen molar-refractivity contribution >= 4 is 0 Å². The van der Waals surface area contributed by atoms with Gasteiger partial charge < -0.3 is 10.2 Å². The van der Waals surface area contributed by atoms with Crippen molar-refractivity contribution in [2.75, 3.05) is 40.3 Å². The third-order valence-electron chi connectivity index (χ3n) is 3.91. The van der Waals surface area contributed by atoms with Gasteiger partial charge in [0.25, 0.3) is 0 Å². The van der Waals surface area contributed by atoms with E-state index in [0.29, 0.717) is 11.6 Å². The molecule has 0 aromatic rings. The summed E-state index contributed by atoms with van der Waals surface area (Å²) in [6.07, 6.45) is 2.52. The largest absolute Gasteiger partial charge is 0.320 e. The Morgan fingerprint density at radius 2 is 2.06 bits per heavy atom. The molecule has 0 saturated carbocycles. The molecule has 0 radical (unpaired) electrons. The lowest BCUT2D eigenvalue weighted by Gasteiger charge is -2.41. The third kappa shape index (κ3) is 3.44. The van der Waals surface area contributed by atoms with Crippen molar-refractivity contribution in [2.24, 2.45) is 0 Å². The monoisotopic (exact) mass is 227 g/mol. The highest BCUT2D eigenvalue weighted by molar-refractivity contribution is 4.91. The summed E-state index contributed by atoms with van der Waals surface area (Å²) in [5.41, 5.74) is 0.345. The molecule has 0 aliphatic carbocycles. The Morgan fingerprint density at radius 1 is 1.38 bits per heavy atom. The first-order chi connectivity index (χ1) is 7.51. The highest BCUT2D eigenvalue weighted by Crippen LogP contribution is 2.26. The predicted octanol–water partition coefficient (Wildman–Crippen LogP) is 1.40. The van der Waals surface area contributed by atoms with Gasteiger partial charge >= 0.3 is 0 Å². The number of nitrogens with zero attached hydrogens (tertiary/aromatic N) is 2. The van der Waals surface area contributed by atoms with E-state index in [1.165, 1.54) is 25.9 Å². The molecule has 1 atom stereocenters. The highest BCUT2D eigenvalue weighted by atomic mass is 15.3. The van der Waals surface area contributed by atoms with Crippen LogP contribution in [0, 0.1) is 0 Å². The molecule has 0 amide bonds. The molecule has 1 heterocycles. The standard InChI is InChI=1S/C13H29N3/c1-6-16-12(7-9-14-4)11-15(5)10-8-13(16,2)3/h12,14H,6-11H2,1-5H3. The first-order valence-corrected chi connectivity index (χ1v) is 6.61. The molecule has 1 unspecified atom stereocenters. The van der Waals surface area contributed by atoms with Gasteiger partial charge in [0, 0.05) is 18.1 Å². The maximum atomic E-state index is 3.28. The Morgan fingerprint density at radius 3 is 2.62 bits per heavy atom. The summed E-state index contributed by atoms with van der Waals surface area (Å²) in [6, 6.07) is 0.694. The zero-order chi connectivity index (χ0) is 12.2. The number of hydrogen-bond donors (Lipinski definition) is 1. The van der Waals surface area contributed by atoms with Crippen LogP contribution in [0.2, 0.25) is 0 Å². The fourth-order valence-electron chi connectivity index (χ4n) is 2.90. The van der Waals surface area contributed by atoms with E-state index in [1.807, 2.05) is 7.05 Å². The Hall–Kier alpha value is -0.120. The molecule has 1 aliphatic rings. The average molecular weight is 227 g/mol. The Kier molecular flexibility index (Phi) is 5.22. The van der Waals surface area contributed by atoms with Crippen LogP contribution in [0.5, 0.6) is 0 Å². The minimum absolute atomic E-state index is 0.345. The molecule has 3 heteroatoms. The highest BCUT2D eigenvalue weighted by Gasteiger charge is 2.34. The second-order valence-electron chi connectivity index (χ2n) is 5.66. The van der Waals surface area contributed by atoms with E-state index < -0.39 is 0 Å². The smallest absolute Gasteiger partial charge is 0.0240 e. The van der Waals surface area contributed by atoms with Crippen molar-refractivity contribution in [2.45, 2.75) is 45.2 Å².